The normalized spacial score (nSPS) is 11.7. The molecule has 3 nitrogen and oxygen atoms in total. The van der Waals surface area contributed by atoms with E-state index >= 15 is 0 Å². The van der Waals surface area contributed by atoms with Gasteiger partial charge in [-0.15, -0.1) is 0 Å². The van der Waals surface area contributed by atoms with Gasteiger partial charge in [0, 0.05) is 29.8 Å². The minimum atomic E-state index is -4.58. The second-order valence-corrected chi connectivity index (χ2v) is 6.11. The van der Waals surface area contributed by atoms with E-state index in [4.69, 9.17) is 11.6 Å². The number of hydrogen-bond donors (Lipinski definition) is 1. The van der Waals surface area contributed by atoms with Gasteiger partial charge in [0.15, 0.2) is 0 Å². The number of halogens is 4. The first-order valence-corrected chi connectivity index (χ1v) is 7.83. The summed E-state index contributed by atoms with van der Waals surface area (Å²) >= 11 is 5.58. The number of rotatable bonds is 3. The molecular formula is C18H14ClF3N2O. The molecule has 0 saturated heterocycles. The Morgan fingerprint density at radius 1 is 1.20 bits per heavy atom. The number of fused-ring (bicyclic) bond motifs is 1. The lowest BCUT2D eigenvalue weighted by molar-refractivity contribution is -0.137. The van der Waals surface area contributed by atoms with Gasteiger partial charge in [0.25, 0.3) is 0 Å². The Balaban J connectivity index is 1.81. The van der Waals surface area contributed by atoms with Crippen LogP contribution in [0.1, 0.15) is 11.1 Å². The minimum Gasteiger partial charge on any atom is -0.350 e. The molecule has 3 rings (SSSR count). The van der Waals surface area contributed by atoms with Crippen LogP contribution in [0.4, 0.5) is 18.9 Å². The van der Waals surface area contributed by atoms with Crippen molar-refractivity contribution in [2.24, 2.45) is 7.05 Å². The molecule has 2 aromatic carbocycles. The second-order valence-electron chi connectivity index (χ2n) is 5.70. The number of amides is 1. The molecule has 0 atom stereocenters. The van der Waals surface area contributed by atoms with Gasteiger partial charge in [-0.05, 0) is 29.8 Å². The number of para-hydroxylation sites is 1. The van der Waals surface area contributed by atoms with Gasteiger partial charge in [0.1, 0.15) is 0 Å². The summed E-state index contributed by atoms with van der Waals surface area (Å²) in [5.74, 6) is -0.396. The van der Waals surface area contributed by atoms with Crippen molar-refractivity contribution in [1.29, 1.82) is 0 Å². The average Bonchev–Trinajstić information content (AvgIpc) is 2.85. The van der Waals surface area contributed by atoms with Gasteiger partial charge in [0.05, 0.1) is 17.0 Å². The summed E-state index contributed by atoms with van der Waals surface area (Å²) in [4.78, 5) is 12.2. The number of alkyl halides is 3. The summed E-state index contributed by atoms with van der Waals surface area (Å²) < 4.78 is 40.6. The molecule has 3 aromatic rings. The van der Waals surface area contributed by atoms with Crippen LogP contribution in [0.5, 0.6) is 0 Å². The van der Waals surface area contributed by atoms with E-state index < -0.39 is 22.7 Å². The third kappa shape index (κ3) is 3.64. The fourth-order valence-corrected chi connectivity index (χ4v) is 2.99. The Labute approximate surface area is 147 Å². The molecule has 0 bridgehead atoms. The number of benzene rings is 2. The van der Waals surface area contributed by atoms with E-state index in [-0.39, 0.29) is 12.1 Å². The number of aromatic nitrogens is 1. The molecule has 0 unspecified atom stereocenters. The first-order valence-electron chi connectivity index (χ1n) is 7.45. The van der Waals surface area contributed by atoms with E-state index in [1.54, 1.807) is 0 Å². The van der Waals surface area contributed by atoms with Crippen LogP contribution in [0.3, 0.4) is 0 Å². The Hall–Kier alpha value is -2.47. The Morgan fingerprint density at radius 3 is 2.64 bits per heavy atom. The van der Waals surface area contributed by atoms with Gasteiger partial charge in [-0.3, -0.25) is 4.79 Å². The first kappa shape index (κ1) is 17.4. The van der Waals surface area contributed by atoms with Crippen LogP contribution in [0.25, 0.3) is 10.9 Å². The zero-order valence-corrected chi connectivity index (χ0v) is 13.9. The van der Waals surface area contributed by atoms with E-state index in [0.29, 0.717) is 0 Å². The van der Waals surface area contributed by atoms with Crippen LogP contribution >= 0.6 is 11.6 Å². The molecule has 1 N–H and O–H groups in total. The smallest absolute Gasteiger partial charge is 0.350 e. The van der Waals surface area contributed by atoms with Crippen molar-refractivity contribution >= 4 is 34.1 Å². The summed E-state index contributed by atoms with van der Waals surface area (Å²) in [6, 6.07) is 10.9. The maximum absolute atomic E-state index is 12.9. The lowest BCUT2D eigenvalue weighted by Gasteiger charge is -2.11. The van der Waals surface area contributed by atoms with Crippen molar-refractivity contribution in [3.63, 3.8) is 0 Å². The summed E-state index contributed by atoms with van der Waals surface area (Å²) in [6.45, 7) is 0. The van der Waals surface area contributed by atoms with Crippen LogP contribution in [0.15, 0.2) is 48.7 Å². The number of nitrogens with one attached hydrogen (secondary N) is 1. The van der Waals surface area contributed by atoms with Crippen molar-refractivity contribution < 1.29 is 18.0 Å². The standard InChI is InChI=1S/C18H14ClF3N2O/c1-24-10-11(13-4-2-3-5-16(13)24)8-17(25)23-12-6-7-15(19)14(9-12)18(20,21)22/h2-7,9-10H,8H2,1H3,(H,23,25). The molecule has 1 heterocycles. The zero-order chi connectivity index (χ0) is 18.2. The van der Waals surface area contributed by atoms with Gasteiger partial charge in [0.2, 0.25) is 5.91 Å². The summed E-state index contributed by atoms with van der Waals surface area (Å²) in [5, 5.41) is 3.03. The number of hydrogen-bond acceptors (Lipinski definition) is 1. The number of carbonyl (C=O) groups is 1. The fourth-order valence-electron chi connectivity index (χ4n) is 2.76. The SMILES string of the molecule is Cn1cc(CC(=O)Nc2ccc(Cl)c(C(F)(F)F)c2)c2ccccc21. The third-order valence-electron chi connectivity index (χ3n) is 3.89. The van der Waals surface area contributed by atoms with E-state index in [2.05, 4.69) is 5.32 Å². The van der Waals surface area contributed by atoms with Gasteiger partial charge < -0.3 is 9.88 Å². The maximum Gasteiger partial charge on any atom is 0.417 e. The van der Waals surface area contributed by atoms with Crippen LogP contribution in [0, 0.1) is 0 Å². The first-order chi connectivity index (χ1) is 11.8. The van der Waals surface area contributed by atoms with Crippen molar-refractivity contribution in [2.75, 3.05) is 5.32 Å². The molecule has 130 valence electrons. The van der Waals surface area contributed by atoms with E-state index in [9.17, 15) is 18.0 Å². The number of anilines is 1. The van der Waals surface area contributed by atoms with Gasteiger partial charge in [-0.1, -0.05) is 29.8 Å². The highest BCUT2D eigenvalue weighted by molar-refractivity contribution is 6.31. The molecule has 1 amide bonds. The highest BCUT2D eigenvalue weighted by Gasteiger charge is 2.33. The van der Waals surface area contributed by atoms with Gasteiger partial charge in [-0.2, -0.15) is 13.2 Å². The Morgan fingerprint density at radius 2 is 1.92 bits per heavy atom. The summed E-state index contributed by atoms with van der Waals surface area (Å²) in [5.41, 5.74) is 0.871. The molecule has 0 aliphatic carbocycles. The fraction of sp³-hybridized carbons (Fsp3) is 0.167. The minimum absolute atomic E-state index is 0.0574. The molecule has 25 heavy (non-hydrogen) atoms. The quantitative estimate of drug-likeness (QED) is 0.693. The topological polar surface area (TPSA) is 34.0 Å². The highest BCUT2D eigenvalue weighted by Crippen LogP contribution is 2.36. The van der Waals surface area contributed by atoms with Gasteiger partial charge in [-0.25, -0.2) is 0 Å². The Bertz CT molecular complexity index is 947. The van der Waals surface area contributed by atoms with Crippen LogP contribution < -0.4 is 5.32 Å². The molecule has 1 aromatic heterocycles. The molecule has 0 radical (unpaired) electrons. The summed E-state index contributed by atoms with van der Waals surface area (Å²) in [7, 11) is 1.87. The van der Waals surface area contributed by atoms with Crippen molar-refractivity contribution in [2.45, 2.75) is 12.6 Å². The molecule has 0 fully saturated rings. The predicted octanol–water partition coefficient (Wildman–Crippen LogP) is 5.03. The van der Waals surface area contributed by atoms with E-state index in [1.165, 1.54) is 6.07 Å². The second kappa shape index (κ2) is 6.44. The lowest BCUT2D eigenvalue weighted by atomic mass is 10.1. The lowest BCUT2D eigenvalue weighted by Crippen LogP contribution is -2.15. The van der Waals surface area contributed by atoms with Crippen LogP contribution in [-0.4, -0.2) is 10.5 Å². The third-order valence-corrected chi connectivity index (χ3v) is 4.22. The summed E-state index contributed by atoms with van der Waals surface area (Å²) in [6.07, 6.45) is -2.67. The highest BCUT2D eigenvalue weighted by atomic mass is 35.5. The van der Waals surface area contributed by atoms with E-state index in [0.717, 1.165) is 28.6 Å². The van der Waals surface area contributed by atoms with Gasteiger partial charge >= 0.3 is 6.18 Å². The average molecular weight is 367 g/mol. The monoisotopic (exact) mass is 366 g/mol. The molecular weight excluding hydrogens is 353 g/mol. The molecule has 7 heteroatoms. The van der Waals surface area contributed by atoms with Crippen LogP contribution in [0.2, 0.25) is 5.02 Å². The van der Waals surface area contributed by atoms with Crippen LogP contribution in [-0.2, 0) is 24.4 Å². The number of nitrogens with zero attached hydrogens (tertiary/aromatic N) is 1. The maximum atomic E-state index is 12.9. The number of carbonyl (C=O) groups excluding carboxylic acids is 1. The predicted molar refractivity (Wildman–Crippen MR) is 91.7 cm³/mol. The largest absolute Gasteiger partial charge is 0.417 e. The zero-order valence-electron chi connectivity index (χ0n) is 13.2. The van der Waals surface area contributed by atoms with E-state index in [1.807, 2.05) is 42.1 Å². The Kier molecular flexibility index (Phi) is 4.47. The van der Waals surface area contributed by atoms with Crippen molar-refractivity contribution in [1.82, 2.24) is 4.57 Å². The van der Waals surface area contributed by atoms with Crippen molar-refractivity contribution in [3.8, 4) is 0 Å². The van der Waals surface area contributed by atoms with Crippen molar-refractivity contribution in [3.05, 3.63) is 64.8 Å². The molecule has 0 aliphatic rings. The molecule has 0 spiro atoms. The molecule has 0 saturated carbocycles. The number of aryl methyl sites for hydroxylation is 1. The molecule has 0 aliphatic heterocycles.